The molecule has 1 rings (SSSR count). The number of amides is 1. The first-order valence-corrected chi connectivity index (χ1v) is 6.76. The number of hydrogen-bond donors (Lipinski definition) is 0. The minimum absolute atomic E-state index is 0.00540. The normalized spacial score (nSPS) is 10.7. The zero-order valence-corrected chi connectivity index (χ0v) is 12.4. The second kappa shape index (κ2) is 7.49. The van der Waals surface area contributed by atoms with Crippen molar-refractivity contribution >= 4 is 39.1 Å². The minimum atomic E-state index is -2.70. The van der Waals surface area contributed by atoms with E-state index in [1.807, 2.05) is 0 Å². The standard InChI is InChI=1S/C11H10BrClF2N2O3/c12-8-3-7(4-9(5-8)17(19)20)11(18)16(2-1-13)6-10(14)15/h3-5,10H,1-2,6H2. The van der Waals surface area contributed by atoms with E-state index in [9.17, 15) is 23.7 Å². The highest BCUT2D eigenvalue weighted by molar-refractivity contribution is 9.10. The van der Waals surface area contributed by atoms with Gasteiger partial charge in [-0.15, -0.1) is 11.6 Å². The van der Waals surface area contributed by atoms with Crippen molar-refractivity contribution < 1.29 is 18.5 Å². The second-order valence-electron chi connectivity index (χ2n) is 3.79. The van der Waals surface area contributed by atoms with Crippen molar-refractivity contribution in [2.24, 2.45) is 0 Å². The molecule has 20 heavy (non-hydrogen) atoms. The third-order valence-electron chi connectivity index (χ3n) is 2.34. The summed E-state index contributed by atoms with van der Waals surface area (Å²) in [5.41, 5.74) is -0.345. The predicted octanol–water partition coefficient (Wildman–Crippen LogP) is 3.30. The lowest BCUT2D eigenvalue weighted by molar-refractivity contribution is -0.385. The Morgan fingerprint density at radius 3 is 2.60 bits per heavy atom. The number of benzene rings is 1. The van der Waals surface area contributed by atoms with Crippen molar-refractivity contribution in [3.63, 3.8) is 0 Å². The van der Waals surface area contributed by atoms with Gasteiger partial charge in [0.2, 0.25) is 0 Å². The van der Waals surface area contributed by atoms with Crippen molar-refractivity contribution in [1.82, 2.24) is 4.90 Å². The van der Waals surface area contributed by atoms with Crippen molar-refractivity contribution in [3.05, 3.63) is 38.3 Å². The molecule has 1 aromatic rings. The topological polar surface area (TPSA) is 63.4 Å². The lowest BCUT2D eigenvalue weighted by Gasteiger charge is -2.21. The summed E-state index contributed by atoms with van der Waals surface area (Å²) in [6, 6.07) is 3.59. The van der Waals surface area contributed by atoms with Gasteiger partial charge in [-0.05, 0) is 6.07 Å². The molecule has 0 saturated carbocycles. The SMILES string of the molecule is O=C(c1cc(Br)cc([N+](=O)[O-])c1)N(CCCl)CC(F)F. The van der Waals surface area contributed by atoms with Crippen LogP contribution in [0.2, 0.25) is 0 Å². The smallest absolute Gasteiger partial charge is 0.271 e. The average molecular weight is 372 g/mol. The molecule has 0 spiro atoms. The summed E-state index contributed by atoms with van der Waals surface area (Å²) in [6.45, 7) is -0.836. The highest BCUT2D eigenvalue weighted by Crippen LogP contribution is 2.22. The Balaban J connectivity index is 3.07. The molecular weight excluding hydrogens is 361 g/mol. The van der Waals surface area contributed by atoms with E-state index in [4.69, 9.17) is 11.6 Å². The molecule has 0 aromatic heterocycles. The van der Waals surface area contributed by atoms with Crippen LogP contribution in [0.4, 0.5) is 14.5 Å². The summed E-state index contributed by atoms with van der Waals surface area (Å²) >= 11 is 8.51. The van der Waals surface area contributed by atoms with Gasteiger partial charge in [-0.2, -0.15) is 0 Å². The Morgan fingerprint density at radius 2 is 2.10 bits per heavy atom. The number of carbonyl (C=O) groups excluding carboxylic acids is 1. The fourth-order valence-electron chi connectivity index (χ4n) is 1.53. The third kappa shape index (κ3) is 4.68. The first-order valence-electron chi connectivity index (χ1n) is 5.43. The summed E-state index contributed by atoms with van der Waals surface area (Å²) in [5, 5.41) is 10.7. The minimum Gasteiger partial charge on any atom is -0.332 e. The summed E-state index contributed by atoms with van der Waals surface area (Å²) in [5.74, 6) is -0.732. The molecule has 0 atom stereocenters. The predicted molar refractivity (Wildman–Crippen MR) is 73.4 cm³/mol. The Hall–Kier alpha value is -1.28. The molecule has 0 aliphatic heterocycles. The maximum Gasteiger partial charge on any atom is 0.271 e. The summed E-state index contributed by atoms with van der Waals surface area (Å²) in [4.78, 5) is 23.0. The van der Waals surface area contributed by atoms with Crippen molar-refractivity contribution in [1.29, 1.82) is 0 Å². The van der Waals surface area contributed by atoms with E-state index in [1.165, 1.54) is 12.1 Å². The van der Waals surface area contributed by atoms with Crippen LogP contribution in [0.1, 0.15) is 10.4 Å². The Kier molecular flexibility index (Phi) is 6.28. The largest absolute Gasteiger partial charge is 0.332 e. The van der Waals surface area contributed by atoms with Crippen LogP contribution < -0.4 is 0 Å². The second-order valence-corrected chi connectivity index (χ2v) is 5.08. The van der Waals surface area contributed by atoms with Gasteiger partial charge in [0.1, 0.15) is 0 Å². The van der Waals surface area contributed by atoms with E-state index in [0.717, 1.165) is 11.0 Å². The third-order valence-corrected chi connectivity index (χ3v) is 2.97. The van der Waals surface area contributed by atoms with Crippen LogP contribution in [0.5, 0.6) is 0 Å². The molecule has 0 aliphatic rings. The molecule has 0 bridgehead atoms. The van der Waals surface area contributed by atoms with E-state index < -0.39 is 23.8 Å². The maximum atomic E-state index is 12.4. The van der Waals surface area contributed by atoms with Gasteiger partial charge in [0, 0.05) is 34.6 Å². The van der Waals surface area contributed by atoms with E-state index >= 15 is 0 Å². The number of hydrogen-bond acceptors (Lipinski definition) is 3. The fraction of sp³-hybridized carbons (Fsp3) is 0.364. The number of nitro groups is 1. The highest BCUT2D eigenvalue weighted by atomic mass is 79.9. The summed E-state index contributed by atoms with van der Waals surface area (Å²) in [7, 11) is 0. The fourth-order valence-corrected chi connectivity index (χ4v) is 2.22. The first kappa shape index (κ1) is 16.8. The number of carbonyl (C=O) groups is 1. The molecule has 0 fully saturated rings. The molecule has 1 amide bonds. The summed E-state index contributed by atoms with van der Waals surface area (Å²) in [6.07, 6.45) is -2.70. The van der Waals surface area contributed by atoms with Crippen molar-refractivity contribution in [2.75, 3.05) is 19.0 Å². The van der Waals surface area contributed by atoms with Gasteiger partial charge in [0.15, 0.2) is 0 Å². The molecule has 0 aliphatic carbocycles. The lowest BCUT2D eigenvalue weighted by atomic mass is 10.1. The van der Waals surface area contributed by atoms with Crippen molar-refractivity contribution in [3.8, 4) is 0 Å². The Morgan fingerprint density at radius 1 is 1.45 bits per heavy atom. The van der Waals surface area contributed by atoms with Crippen LogP contribution in [0.3, 0.4) is 0 Å². The molecule has 0 N–H and O–H groups in total. The highest BCUT2D eigenvalue weighted by Gasteiger charge is 2.21. The van der Waals surface area contributed by atoms with Crippen LogP contribution in [0.25, 0.3) is 0 Å². The van der Waals surface area contributed by atoms with Crippen molar-refractivity contribution in [2.45, 2.75) is 6.43 Å². The Bertz CT molecular complexity index is 516. The van der Waals surface area contributed by atoms with Crippen LogP contribution in [-0.4, -0.2) is 41.1 Å². The van der Waals surface area contributed by atoms with Gasteiger partial charge in [-0.3, -0.25) is 14.9 Å². The van der Waals surface area contributed by atoms with Gasteiger partial charge < -0.3 is 4.90 Å². The molecular formula is C11H10BrClF2N2O3. The molecule has 0 saturated heterocycles. The molecule has 9 heteroatoms. The number of alkyl halides is 3. The van der Waals surface area contributed by atoms with Crippen LogP contribution in [0, 0.1) is 10.1 Å². The van der Waals surface area contributed by atoms with Crippen LogP contribution in [-0.2, 0) is 0 Å². The molecule has 110 valence electrons. The van der Waals surface area contributed by atoms with E-state index in [1.54, 1.807) is 0 Å². The quantitative estimate of drug-likeness (QED) is 0.438. The molecule has 0 radical (unpaired) electrons. The molecule has 5 nitrogen and oxygen atoms in total. The zero-order valence-electron chi connectivity index (χ0n) is 10.1. The lowest BCUT2D eigenvalue weighted by Crippen LogP contribution is -2.36. The number of rotatable bonds is 6. The van der Waals surface area contributed by atoms with Crippen LogP contribution >= 0.6 is 27.5 Å². The van der Waals surface area contributed by atoms with E-state index in [2.05, 4.69) is 15.9 Å². The van der Waals surface area contributed by atoms with Gasteiger partial charge in [0.25, 0.3) is 18.0 Å². The number of nitro benzene ring substituents is 1. The van der Waals surface area contributed by atoms with Crippen LogP contribution in [0.15, 0.2) is 22.7 Å². The number of nitrogens with zero attached hydrogens (tertiary/aromatic N) is 2. The van der Waals surface area contributed by atoms with Gasteiger partial charge in [-0.1, -0.05) is 15.9 Å². The first-order chi connectivity index (χ1) is 9.35. The van der Waals surface area contributed by atoms with Gasteiger partial charge >= 0.3 is 0 Å². The van der Waals surface area contributed by atoms with E-state index in [-0.39, 0.29) is 23.7 Å². The average Bonchev–Trinajstić information content (AvgIpc) is 2.36. The number of non-ortho nitro benzene ring substituents is 1. The maximum absolute atomic E-state index is 12.4. The van der Waals surface area contributed by atoms with E-state index in [0.29, 0.717) is 4.47 Å². The monoisotopic (exact) mass is 370 g/mol. The summed E-state index contributed by atoms with van der Waals surface area (Å²) < 4.78 is 25.2. The zero-order chi connectivity index (χ0) is 15.3. The number of halogens is 4. The van der Waals surface area contributed by atoms with Gasteiger partial charge in [-0.25, -0.2) is 8.78 Å². The molecule has 0 unspecified atom stereocenters. The van der Waals surface area contributed by atoms with Gasteiger partial charge in [0.05, 0.1) is 11.5 Å². The molecule has 1 aromatic carbocycles. The Labute approximate surface area is 126 Å². The molecule has 0 heterocycles.